The van der Waals surface area contributed by atoms with Gasteiger partial charge in [-0.1, -0.05) is 18.2 Å². The fraction of sp³-hybridized carbons (Fsp3) is 0.250. The fourth-order valence-electron chi connectivity index (χ4n) is 1.63. The van der Waals surface area contributed by atoms with Crippen molar-refractivity contribution >= 4 is 27.6 Å². The van der Waals surface area contributed by atoms with Gasteiger partial charge in [0.05, 0.1) is 0 Å². The second-order valence-corrected chi connectivity index (χ2v) is 7.02. The van der Waals surface area contributed by atoms with Crippen LogP contribution in [0.25, 0.3) is 0 Å². The zero-order valence-corrected chi connectivity index (χ0v) is 12.6. The van der Waals surface area contributed by atoms with E-state index in [9.17, 15) is 8.42 Å². The second-order valence-electron chi connectivity index (χ2n) is 4.11. The number of rotatable bonds is 6. The molecule has 0 spiro atoms. The van der Waals surface area contributed by atoms with Crippen LogP contribution in [0.15, 0.2) is 46.3 Å². The van der Waals surface area contributed by atoms with Crippen molar-refractivity contribution in [2.24, 2.45) is 7.05 Å². The molecule has 0 saturated heterocycles. The van der Waals surface area contributed by atoms with E-state index in [1.807, 2.05) is 30.3 Å². The molecule has 6 nitrogen and oxygen atoms in total. The summed E-state index contributed by atoms with van der Waals surface area (Å²) in [6, 6.07) is 9.81. The lowest BCUT2D eigenvalue weighted by Crippen LogP contribution is -2.26. The molecule has 2 rings (SSSR count). The third-order valence-electron chi connectivity index (χ3n) is 2.52. The molecule has 3 N–H and O–H groups in total. The van der Waals surface area contributed by atoms with Crippen LogP contribution in [0.4, 0.5) is 5.82 Å². The van der Waals surface area contributed by atoms with Gasteiger partial charge in [0.25, 0.3) is 0 Å². The molecule has 20 heavy (non-hydrogen) atoms. The zero-order valence-electron chi connectivity index (χ0n) is 11.0. The van der Waals surface area contributed by atoms with Crippen LogP contribution in [0.5, 0.6) is 0 Å². The molecule has 0 aliphatic rings. The number of nitrogen functional groups attached to an aromatic ring is 1. The largest absolute Gasteiger partial charge is 0.381 e. The lowest BCUT2D eigenvalue weighted by molar-refractivity contribution is 0.584. The van der Waals surface area contributed by atoms with Crippen LogP contribution in [0.1, 0.15) is 0 Å². The molecule has 0 amide bonds. The van der Waals surface area contributed by atoms with E-state index in [-0.39, 0.29) is 10.7 Å². The van der Waals surface area contributed by atoms with Gasteiger partial charge in [0.15, 0.2) is 5.82 Å². The van der Waals surface area contributed by atoms with E-state index < -0.39 is 10.0 Å². The van der Waals surface area contributed by atoms with Crippen molar-refractivity contribution in [1.82, 2.24) is 14.5 Å². The van der Waals surface area contributed by atoms with Crippen LogP contribution in [0, 0.1) is 0 Å². The Labute approximate surface area is 122 Å². The number of hydrogen-bond donors (Lipinski definition) is 2. The van der Waals surface area contributed by atoms with Crippen molar-refractivity contribution in [3.63, 3.8) is 0 Å². The first-order valence-corrected chi connectivity index (χ1v) is 8.42. The van der Waals surface area contributed by atoms with Crippen molar-refractivity contribution in [3.8, 4) is 0 Å². The number of nitrogens with zero attached hydrogens (tertiary/aromatic N) is 2. The van der Waals surface area contributed by atoms with Crippen molar-refractivity contribution in [3.05, 3.63) is 36.5 Å². The molecule has 0 unspecified atom stereocenters. The van der Waals surface area contributed by atoms with Crippen LogP contribution in [-0.2, 0) is 17.1 Å². The van der Waals surface area contributed by atoms with Gasteiger partial charge in [-0.25, -0.2) is 13.1 Å². The summed E-state index contributed by atoms with van der Waals surface area (Å²) >= 11 is 1.59. The fourth-order valence-corrected chi connectivity index (χ4v) is 3.68. The van der Waals surface area contributed by atoms with Gasteiger partial charge in [-0.3, -0.25) is 4.68 Å². The molecule has 8 heteroatoms. The molecular weight excluding hydrogens is 296 g/mol. The average Bonchev–Trinajstić information content (AvgIpc) is 2.76. The van der Waals surface area contributed by atoms with E-state index in [4.69, 9.17) is 5.73 Å². The maximum atomic E-state index is 12.0. The first-order chi connectivity index (χ1) is 9.49. The topological polar surface area (TPSA) is 90.0 Å². The van der Waals surface area contributed by atoms with Crippen LogP contribution >= 0.6 is 11.8 Å². The minimum Gasteiger partial charge on any atom is -0.381 e. The van der Waals surface area contributed by atoms with Gasteiger partial charge < -0.3 is 5.73 Å². The molecule has 0 atom stereocenters. The summed E-state index contributed by atoms with van der Waals surface area (Å²) in [7, 11) is -1.97. The molecule has 2 aromatic rings. The third-order valence-corrected chi connectivity index (χ3v) is 5.01. The number of thioether (sulfide) groups is 1. The maximum Gasteiger partial charge on any atom is 0.245 e. The second kappa shape index (κ2) is 6.29. The number of aryl methyl sites for hydroxylation is 1. The van der Waals surface area contributed by atoms with Gasteiger partial charge in [0.1, 0.15) is 4.90 Å². The number of sulfonamides is 1. The van der Waals surface area contributed by atoms with E-state index in [0.717, 1.165) is 4.90 Å². The Hall–Kier alpha value is -1.51. The Kier molecular flexibility index (Phi) is 4.69. The number of nitrogens with two attached hydrogens (primary N) is 1. The van der Waals surface area contributed by atoms with Gasteiger partial charge in [-0.05, 0) is 12.1 Å². The van der Waals surface area contributed by atoms with Crippen LogP contribution in [-0.4, -0.2) is 30.5 Å². The standard InChI is InChI=1S/C12H16N4O2S2/c1-16-9-11(12(13)15-16)20(17,18)14-7-8-19-10-5-3-2-4-6-10/h2-6,9,14H,7-8H2,1H3,(H2,13,15). The number of anilines is 1. The van der Waals surface area contributed by atoms with Crippen molar-refractivity contribution in [2.45, 2.75) is 9.79 Å². The predicted molar refractivity (Wildman–Crippen MR) is 80.0 cm³/mol. The molecule has 1 heterocycles. The average molecular weight is 312 g/mol. The Bertz CT molecular complexity index is 668. The molecule has 1 aromatic carbocycles. The van der Waals surface area contributed by atoms with E-state index in [0.29, 0.717) is 12.3 Å². The van der Waals surface area contributed by atoms with Crippen LogP contribution in [0.3, 0.4) is 0 Å². The summed E-state index contributed by atoms with van der Waals surface area (Å²) < 4.78 is 27.9. The van der Waals surface area contributed by atoms with Crippen LogP contribution in [0.2, 0.25) is 0 Å². The quantitative estimate of drug-likeness (QED) is 0.615. The SMILES string of the molecule is Cn1cc(S(=O)(=O)NCCSc2ccccc2)c(N)n1. The van der Waals surface area contributed by atoms with E-state index >= 15 is 0 Å². The van der Waals surface area contributed by atoms with E-state index in [1.54, 1.807) is 18.8 Å². The van der Waals surface area contributed by atoms with Gasteiger partial charge in [0, 0.05) is 30.4 Å². The summed E-state index contributed by atoms with van der Waals surface area (Å²) in [6.07, 6.45) is 1.39. The van der Waals surface area contributed by atoms with Crippen molar-refractivity contribution in [1.29, 1.82) is 0 Å². The van der Waals surface area contributed by atoms with E-state index in [2.05, 4.69) is 9.82 Å². The zero-order chi connectivity index (χ0) is 14.6. The van der Waals surface area contributed by atoms with Crippen molar-refractivity contribution < 1.29 is 8.42 Å². The summed E-state index contributed by atoms with van der Waals surface area (Å²) in [6.45, 7) is 0.330. The lowest BCUT2D eigenvalue weighted by Gasteiger charge is -2.05. The van der Waals surface area contributed by atoms with Gasteiger partial charge in [-0.15, -0.1) is 11.8 Å². The summed E-state index contributed by atoms with van der Waals surface area (Å²) in [5, 5.41) is 3.82. The van der Waals surface area contributed by atoms with Crippen LogP contribution < -0.4 is 10.5 Å². The Morgan fingerprint density at radius 1 is 1.35 bits per heavy atom. The molecule has 0 fully saturated rings. The van der Waals surface area contributed by atoms with Gasteiger partial charge in [-0.2, -0.15) is 5.10 Å². The molecule has 0 radical (unpaired) electrons. The Balaban J connectivity index is 1.89. The molecular formula is C12H16N4O2S2. The molecule has 0 aliphatic heterocycles. The summed E-state index contributed by atoms with van der Waals surface area (Å²) in [5.74, 6) is 0.652. The summed E-state index contributed by atoms with van der Waals surface area (Å²) in [4.78, 5) is 1.12. The number of benzene rings is 1. The molecule has 0 aliphatic carbocycles. The minimum atomic E-state index is -3.60. The maximum absolute atomic E-state index is 12.0. The highest BCUT2D eigenvalue weighted by Crippen LogP contribution is 2.17. The first kappa shape index (κ1) is 14.9. The molecule has 1 aromatic heterocycles. The Morgan fingerprint density at radius 2 is 2.05 bits per heavy atom. The van der Waals surface area contributed by atoms with E-state index in [1.165, 1.54) is 10.9 Å². The van der Waals surface area contributed by atoms with Crippen molar-refractivity contribution in [2.75, 3.05) is 18.0 Å². The lowest BCUT2D eigenvalue weighted by atomic mass is 10.4. The first-order valence-electron chi connectivity index (χ1n) is 5.95. The van der Waals surface area contributed by atoms with Gasteiger partial charge in [0.2, 0.25) is 10.0 Å². The smallest absolute Gasteiger partial charge is 0.245 e. The third kappa shape index (κ3) is 3.75. The number of aromatic nitrogens is 2. The number of nitrogens with one attached hydrogen (secondary N) is 1. The Morgan fingerprint density at radius 3 is 2.65 bits per heavy atom. The highest BCUT2D eigenvalue weighted by Gasteiger charge is 2.19. The molecule has 0 bridgehead atoms. The normalized spacial score (nSPS) is 11.7. The molecule has 0 saturated carbocycles. The van der Waals surface area contributed by atoms with Gasteiger partial charge >= 0.3 is 0 Å². The highest BCUT2D eigenvalue weighted by molar-refractivity contribution is 7.99. The number of hydrogen-bond acceptors (Lipinski definition) is 5. The monoisotopic (exact) mass is 312 g/mol. The highest BCUT2D eigenvalue weighted by atomic mass is 32.2. The molecule has 108 valence electrons. The summed E-state index contributed by atoms with van der Waals surface area (Å²) in [5.41, 5.74) is 5.57. The minimum absolute atomic E-state index is 0.00992. The predicted octanol–water partition coefficient (Wildman–Crippen LogP) is 1.07.